The summed E-state index contributed by atoms with van der Waals surface area (Å²) in [6.07, 6.45) is 0. The first-order valence-electron chi connectivity index (χ1n) is 5.51. The summed E-state index contributed by atoms with van der Waals surface area (Å²) in [6, 6.07) is 3.69. The van der Waals surface area contributed by atoms with E-state index in [1.54, 1.807) is 7.05 Å². The summed E-state index contributed by atoms with van der Waals surface area (Å²) >= 11 is 10.5. The molecule has 1 unspecified atom stereocenters. The molecule has 0 bridgehead atoms. The normalized spacial score (nSPS) is 12.7. The van der Waals surface area contributed by atoms with Crippen LogP contribution in [0.2, 0.25) is 5.02 Å². The second kappa shape index (κ2) is 5.87. The number of benzene rings is 1. The molecule has 0 saturated carbocycles. The third kappa shape index (κ3) is 2.99. The molecule has 0 aliphatic rings. The lowest BCUT2D eigenvalue weighted by Gasteiger charge is -2.16. The number of nitrogens with one attached hydrogen (secondary N) is 1. The van der Waals surface area contributed by atoms with Crippen molar-refractivity contribution in [1.82, 2.24) is 5.32 Å². The molecule has 1 atom stereocenters. The molecule has 19 heavy (non-hydrogen) atoms. The Morgan fingerprint density at radius 2 is 1.95 bits per heavy atom. The van der Waals surface area contributed by atoms with Crippen molar-refractivity contribution < 1.29 is 8.78 Å². The molecular formula is C13H11BrClF2NS. The van der Waals surface area contributed by atoms with Crippen molar-refractivity contribution in [3.8, 4) is 0 Å². The summed E-state index contributed by atoms with van der Waals surface area (Å²) in [6.45, 7) is 1.95. The van der Waals surface area contributed by atoms with Gasteiger partial charge in [-0.05, 0) is 53.7 Å². The molecule has 1 N–H and O–H groups in total. The highest BCUT2D eigenvalue weighted by Crippen LogP contribution is 2.35. The van der Waals surface area contributed by atoms with Crippen LogP contribution in [-0.2, 0) is 0 Å². The van der Waals surface area contributed by atoms with E-state index in [0.717, 1.165) is 26.4 Å². The van der Waals surface area contributed by atoms with Gasteiger partial charge in [-0.1, -0.05) is 11.6 Å². The molecule has 102 valence electrons. The van der Waals surface area contributed by atoms with Gasteiger partial charge in [0.2, 0.25) is 0 Å². The van der Waals surface area contributed by atoms with E-state index in [1.165, 1.54) is 11.3 Å². The lowest BCUT2D eigenvalue weighted by Crippen LogP contribution is -2.18. The van der Waals surface area contributed by atoms with E-state index in [-0.39, 0.29) is 10.6 Å². The summed E-state index contributed by atoms with van der Waals surface area (Å²) in [5.41, 5.74) is 1.31. The van der Waals surface area contributed by atoms with Crippen LogP contribution in [0.4, 0.5) is 8.78 Å². The summed E-state index contributed by atoms with van der Waals surface area (Å²) in [5, 5.41) is 2.79. The Kier molecular flexibility index (Phi) is 4.61. The molecule has 0 aliphatic heterocycles. The zero-order valence-electron chi connectivity index (χ0n) is 10.2. The number of halogens is 4. The maximum atomic E-state index is 14.0. The van der Waals surface area contributed by atoms with Crippen LogP contribution in [0, 0.1) is 18.6 Å². The molecule has 1 nitrogen and oxygen atoms in total. The Balaban J connectivity index is 2.50. The van der Waals surface area contributed by atoms with Crippen LogP contribution in [0.1, 0.15) is 22.0 Å². The highest BCUT2D eigenvalue weighted by molar-refractivity contribution is 9.11. The van der Waals surface area contributed by atoms with Crippen molar-refractivity contribution in [2.75, 3.05) is 7.05 Å². The average Bonchev–Trinajstić information content (AvgIpc) is 2.67. The SMILES string of the molecule is CNC(c1cc(C)c(Br)s1)c1cc(F)c(Cl)cc1F. The molecule has 1 aromatic heterocycles. The zero-order valence-corrected chi connectivity index (χ0v) is 13.4. The number of rotatable bonds is 3. The number of hydrogen-bond acceptors (Lipinski definition) is 2. The third-order valence-corrected chi connectivity index (χ3v) is 5.29. The van der Waals surface area contributed by atoms with Crippen molar-refractivity contribution in [3.63, 3.8) is 0 Å². The van der Waals surface area contributed by atoms with Gasteiger partial charge in [-0.25, -0.2) is 8.78 Å². The molecule has 2 aromatic rings. The minimum Gasteiger partial charge on any atom is -0.309 e. The molecule has 1 heterocycles. The van der Waals surface area contributed by atoms with Crippen LogP contribution >= 0.6 is 38.9 Å². The van der Waals surface area contributed by atoms with Gasteiger partial charge in [0, 0.05) is 10.4 Å². The maximum absolute atomic E-state index is 14.0. The fraction of sp³-hybridized carbons (Fsp3) is 0.231. The highest BCUT2D eigenvalue weighted by Gasteiger charge is 2.21. The minimum atomic E-state index is -0.620. The smallest absolute Gasteiger partial charge is 0.142 e. The van der Waals surface area contributed by atoms with E-state index < -0.39 is 17.7 Å². The third-order valence-electron chi connectivity index (χ3n) is 2.80. The summed E-state index contributed by atoms with van der Waals surface area (Å²) < 4.78 is 28.5. The van der Waals surface area contributed by atoms with E-state index in [4.69, 9.17) is 11.6 Å². The predicted molar refractivity (Wildman–Crippen MR) is 79.0 cm³/mol. The summed E-state index contributed by atoms with van der Waals surface area (Å²) in [7, 11) is 1.71. The zero-order chi connectivity index (χ0) is 14.2. The molecule has 0 amide bonds. The molecule has 6 heteroatoms. The van der Waals surface area contributed by atoms with Crippen molar-refractivity contribution in [2.24, 2.45) is 0 Å². The predicted octanol–water partition coefficient (Wildman–Crippen LogP) is 5.06. The maximum Gasteiger partial charge on any atom is 0.142 e. The van der Waals surface area contributed by atoms with Crippen LogP contribution in [-0.4, -0.2) is 7.05 Å². The van der Waals surface area contributed by atoms with Crippen LogP contribution in [0.3, 0.4) is 0 Å². The Bertz CT molecular complexity index is 595. The molecule has 0 saturated heterocycles. The second-order valence-electron chi connectivity index (χ2n) is 4.12. The fourth-order valence-corrected chi connectivity index (χ4v) is 3.69. The average molecular weight is 367 g/mol. The molecular weight excluding hydrogens is 356 g/mol. The molecule has 1 aromatic carbocycles. The largest absolute Gasteiger partial charge is 0.309 e. The van der Waals surface area contributed by atoms with Gasteiger partial charge in [-0.2, -0.15) is 0 Å². The molecule has 0 radical (unpaired) electrons. The van der Waals surface area contributed by atoms with Crippen molar-refractivity contribution in [3.05, 3.63) is 54.6 Å². The highest BCUT2D eigenvalue weighted by atomic mass is 79.9. The lowest BCUT2D eigenvalue weighted by molar-refractivity contribution is 0.561. The number of thiophene rings is 1. The quantitative estimate of drug-likeness (QED) is 0.749. The van der Waals surface area contributed by atoms with Crippen LogP contribution in [0.15, 0.2) is 22.0 Å². The molecule has 0 aliphatic carbocycles. The molecule has 0 fully saturated rings. The van der Waals surface area contributed by atoms with E-state index in [1.807, 2.05) is 13.0 Å². The molecule has 0 spiro atoms. The van der Waals surface area contributed by atoms with E-state index in [2.05, 4.69) is 21.2 Å². The van der Waals surface area contributed by atoms with Gasteiger partial charge in [0.05, 0.1) is 14.9 Å². The minimum absolute atomic E-state index is 0.209. The van der Waals surface area contributed by atoms with Gasteiger partial charge >= 0.3 is 0 Å². The molecule has 2 rings (SSSR count). The second-order valence-corrected chi connectivity index (χ2v) is 6.92. The van der Waals surface area contributed by atoms with Gasteiger partial charge in [-0.15, -0.1) is 11.3 Å². The van der Waals surface area contributed by atoms with Crippen LogP contribution < -0.4 is 5.32 Å². The number of aryl methyl sites for hydroxylation is 1. The van der Waals surface area contributed by atoms with Crippen molar-refractivity contribution in [2.45, 2.75) is 13.0 Å². The standard InChI is InChI=1S/C13H11BrClF2NS/c1-6-3-11(19-13(6)14)12(18-2)7-4-10(17)8(15)5-9(7)16/h3-5,12,18H,1-2H3. The van der Waals surface area contributed by atoms with Gasteiger partial charge in [0.1, 0.15) is 11.6 Å². The summed E-state index contributed by atoms with van der Waals surface area (Å²) in [4.78, 5) is 0.910. The van der Waals surface area contributed by atoms with Crippen LogP contribution in [0.25, 0.3) is 0 Å². The van der Waals surface area contributed by atoms with E-state index >= 15 is 0 Å². The number of hydrogen-bond donors (Lipinski definition) is 1. The first-order chi connectivity index (χ1) is 8.93. The Labute approximate surface area is 127 Å². The monoisotopic (exact) mass is 365 g/mol. The fourth-order valence-electron chi connectivity index (χ4n) is 1.84. The Hall–Kier alpha value is -0.490. The van der Waals surface area contributed by atoms with E-state index in [9.17, 15) is 8.78 Å². The summed E-state index contributed by atoms with van der Waals surface area (Å²) in [5.74, 6) is -1.14. The lowest BCUT2D eigenvalue weighted by atomic mass is 10.0. The topological polar surface area (TPSA) is 12.0 Å². The Morgan fingerprint density at radius 3 is 2.47 bits per heavy atom. The first-order valence-corrected chi connectivity index (χ1v) is 7.50. The van der Waals surface area contributed by atoms with Crippen molar-refractivity contribution in [1.29, 1.82) is 0 Å². The van der Waals surface area contributed by atoms with Crippen molar-refractivity contribution >= 4 is 38.9 Å². The van der Waals surface area contributed by atoms with E-state index in [0.29, 0.717) is 0 Å². The Morgan fingerprint density at radius 1 is 1.26 bits per heavy atom. The van der Waals surface area contributed by atoms with Gasteiger partial charge in [-0.3, -0.25) is 0 Å². The van der Waals surface area contributed by atoms with Gasteiger partial charge < -0.3 is 5.32 Å². The first kappa shape index (κ1) is 14.9. The van der Waals surface area contributed by atoms with Crippen LogP contribution in [0.5, 0.6) is 0 Å². The van der Waals surface area contributed by atoms with Gasteiger partial charge in [0.25, 0.3) is 0 Å². The van der Waals surface area contributed by atoms with Gasteiger partial charge in [0.15, 0.2) is 0 Å².